The van der Waals surface area contributed by atoms with Gasteiger partial charge >= 0.3 is 0 Å². The predicted molar refractivity (Wildman–Crippen MR) is 115 cm³/mol. The van der Waals surface area contributed by atoms with Gasteiger partial charge in [-0.3, -0.25) is 15.0 Å². The van der Waals surface area contributed by atoms with Crippen LogP contribution in [0.3, 0.4) is 0 Å². The molecule has 0 heterocycles. The Kier molecular flexibility index (Phi) is 8.85. The van der Waals surface area contributed by atoms with E-state index in [1.165, 1.54) is 12.1 Å². The Morgan fingerprint density at radius 1 is 1.21 bits per heavy atom. The molecule has 0 atom stereocenters. The molecule has 6 heteroatoms. The lowest BCUT2D eigenvalue weighted by molar-refractivity contribution is -0.126. The Labute approximate surface area is 173 Å². The van der Waals surface area contributed by atoms with Crippen LogP contribution in [0.1, 0.15) is 48.7 Å². The lowest BCUT2D eigenvalue weighted by Crippen LogP contribution is -2.55. The van der Waals surface area contributed by atoms with E-state index < -0.39 is 5.54 Å². The molecule has 0 aromatic heterocycles. The highest BCUT2D eigenvalue weighted by atomic mass is 16.5. The lowest BCUT2D eigenvalue weighted by atomic mass is 10.0. The van der Waals surface area contributed by atoms with Crippen LogP contribution in [0.4, 0.5) is 0 Å². The van der Waals surface area contributed by atoms with Crippen LogP contribution in [0.5, 0.6) is 0 Å². The highest BCUT2D eigenvalue weighted by Gasteiger charge is 2.29. The molecule has 1 rings (SSSR count). The number of carbonyl (C=O) groups excluding carboxylic acids is 2. The van der Waals surface area contributed by atoms with Gasteiger partial charge in [0.05, 0.1) is 19.3 Å². The summed E-state index contributed by atoms with van der Waals surface area (Å²) in [5, 5.41) is 10.5. The third kappa shape index (κ3) is 7.58. The molecule has 0 unspecified atom stereocenters. The van der Waals surface area contributed by atoms with Crippen molar-refractivity contribution < 1.29 is 19.4 Å². The summed E-state index contributed by atoms with van der Waals surface area (Å²) in [5.41, 5.74) is 5.06. The number of aryl methyl sites for hydroxylation is 2. The van der Waals surface area contributed by atoms with Crippen LogP contribution in [-0.2, 0) is 9.53 Å². The van der Waals surface area contributed by atoms with Gasteiger partial charge in [-0.1, -0.05) is 35.9 Å². The Morgan fingerprint density at radius 2 is 1.79 bits per heavy atom. The molecule has 0 saturated carbocycles. The summed E-state index contributed by atoms with van der Waals surface area (Å²) >= 11 is 0. The number of nitrogens with one attached hydrogen (secondary N) is 1. The fraction of sp³-hybridized carbons (Fsp3) is 0.391. The molecular weight excluding hydrogens is 368 g/mol. The van der Waals surface area contributed by atoms with Gasteiger partial charge in [0, 0.05) is 17.6 Å². The van der Waals surface area contributed by atoms with Gasteiger partial charge in [-0.25, -0.2) is 5.01 Å². The Hall–Kier alpha value is -2.86. The quantitative estimate of drug-likeness (QED) is 0.416. The molecule has 6 nitrogen and oxygen atoms in total. The van der Waals surface area contributed by atoms with Gasteiger partial charge in [0.25, 0.3) is 5.91 Å². The van der Waals surface area contributed by atoms with Crippen molar-refractivity contribution in [2.45, 2.75) is 46.6 Å². The molecule has 0 spiro atoms. The number of rotatable bonds is 7. The van der Waals surface area contributed by atoms with Gasteiger partial charge in [-0.15, -0.1) is 0 Å². The Morgan fingerprint density at radius 3 is 2.28 bits per heavy atom. The first kappa shape index (κ1) is 24.2. The summed E-state index contributed by atoms with van der Waals surface area (Å²) in [7, 11) is 1.48. The summed E-state index contributed by atoms with van der Waals surface area (Å²) in [4.78, 5) is 25.4. The topological polar surface area (TPSA) is 78.9 Å². The zero-order valence-electron chi connectivity index (χ0n) is 18.2. The van der Waals surface area contributed by atoms with E-state index in [0.29, 0.717) is 16.9 Å². The lowest BCUT2D eigenvalue weighted by Gasteiger charge is -2.35. The molecule has 1 aromatic carbocycles. The molecule has 0 aliphatic heterocycles. The average Bonchev–Trinajstić information content (AvgIpc) is 2.63. The fourth-order valence-corrected chi connectivity index (χ4v) is 2.66. The molecule has 0 saturated heterocycles. The molecule has 2 N–H and O–H groups in total. The molecule has 0 fully saturated rings. The number of carbonyl (C=O) groups is 2. The molecule has 1 aromatic rings. The van der Waals surface area contributed by atoms with E-state index in [2.05, 4.69) is 12.0 Å². The molecule has 0 aliphatic rings. The van der Waals surface area contributed by atoms with E-state index in [1.54, 1.807) is 18.2 Å². The zero-order valence-corrected chi connectivity index (χ0v) is 18.2. The summed E-state index contributed by atoms with van der Waals surface area (Å²) in [6.45, 7) is 12.9. The number of hydrazine groups is 1. The number of aliphatic hydroxyl groups excluding tert-OH is 1. The molecule has 29 heavy (non-hydrogen) atoms. The maximum absolute atomic E-state index is 13.0. The van der Waals surface area contributed by atoms with Gasteiger partial charge in [0.15, 0.2) is 0 Å². The minimum absolute atomic E-state index is 0.0752. The van der Waals surface area contributed by atoms with E-state index >= 15 is 0 Å². The Balaban J connectivity index is 2.90. The largest absolute Gasteiger partial charge is 0.496 e. The third-order valence-corrected chi connectivity index (χ3v) is 4.03. The van der Waals surface area contributed by atoms with E-state index in [0.717, 1.165) is 11.1 Å². The second-order valence-corrected chi connectivity index (χ2v) is 7.85. The summed E-state index contributed by atoms with van der Waals surface area (Å²) in [6.07, 6.45) is 4.98. The molecule has 158 valence electrons. The summed E-state index contributed by atoms with van der Waals surface area (Å²) in [5.74, 6) is -0.143. The first-order valence-electron chi connectivity index (χ1n) is 9.41. The van der Waals surface area contributed by atoms with E-state index in [9.17, 15) is 9.59 Å². The second kappa shape index (κ2) is 10.6. The molecule has 2 amide bonds. The molecular formula is C23H32N2O4. The molecule has 0 aliphatic carbocycles. The van der Waals surface area contributed by atoms with Crippen molar-refractivity contribution in [2.24, 2.45) is 0 Å². The van der Waals surface area contributed by atoms with Gasteiger partial charge in [-0.2, -0.15) is 0 Å². The van der Waals surface area contributed by atoms with E-state index in [-0.39, 0.29) is 24.8 Å². The number of aliphatic hydroxyl groups is 1. The number of benzene rings is 1. The fourth-order valence-electron chi connectivity index (χ4n) is 2.66. The first-order chi connectivity index (χ1) is 13.5. The van der Waals surface area contributed by atoms with Crippen molar-refractivity contribution in [1.29, 1.82) is 0 Å². The third-order valence-electron chi connectivity index (χ3n) is 4.03. The normalized spacial score (nSPS) is 12.0. The minimum Gasteiger partial charge on any atom is -0.496 e. The van der Waals surface area contributed by atoms with Gasteiger partial charge in [-0.05, 0) is 52.8 Å². The van der Waals surface area contributed by atoms with E-state index in [4.69, 9.17) is 9.84 Å². The van der Waals surface area contributed by atoms with Crippen LogP contribution in [0.15, 0.2) is 54.3 Å². The van der Waals surface area contributed by atoms with Gasteiger partial charge in [0.2, 0.25) is 5.91 Å². The standard InChI is InChI=1S/C23H32N2O4/c1-16-12-17(2)14-19(13-16)22(28)25(23(4,5)6)24-21(27)11-9-8-10-20(29-7)18(3)15-26/h8-10,12-14,26H,3,11,15H2,1-2,4-7H3,(H,24,27)/b9-8-,20-10+. The molecule has 0 bridgehead atoms. The maximum atomic E-state index is 13.0. The number of hydrogen-bond donors (Lipinski definition) is 2. The highest BCUT2D eigenvalue weighted by molar-refractivity contribution is 5.96. The van der Waals surface area contributed by atoms with E-state index in [1.807, 2.05) is 52.8 Å². The van der Waals surface area contributed by atoms with Crippen molar-refractivity contribution in [3.63, 3.8) is 0 Å². The van der Waals surface area contributed by atoms with Crippen LogP contribution in [0.25, 0.3) is 0 Å². The number of methoxy groups -OCH3 is 1. The maximum Gasteiger partial charge on any atom is 0.272 e. The van der Waals surface area contributed by atoms with Gasteiger partial charge < -0.3 is 9.84 Å². The second-order valence-electron chi connectivity index (χ2n) is 7.85. The number of amides is 2. The smallest absolute Gasteiger partial charge is 0.272 e. The SMILES string of the molecule is C=C(CO)/C(=C\C=C/CC(=O)NN(C(=O)c1cc(C)cc(C)c1)C(C)(C)C)OC. The monoisotopic (exact) mass is 400 g/mol. The minimum atomic E-state index is -0.601. The van der Waals surface area contributed by atoms with Crippen molar-refractivity contribution in [2.75, 3.05) is 13.7 Å². The number of hydrogen-bond acceptors (Lipinski definition) is 4. The average molecular weight is 401 g/mol. The van der Waals surface area contributed by atoms with Crippen LogP contribution < -0.4 is 5.43 Å². The van der Waals surface area contributed by atoms with Crippen LogP contribution >= 0.6 is 0 Å². The predicted octanol–water partition coefficient (Wildman–Crippen LogP) is 3.60. The summed E-state index contributed by atoms with van der Waals surface area (Å²) in [6, 6.07) is 5.62. The first-order valence-corrected chi connectivity index (χ1v) is 9.41. The van der Waals surface area contributed by atoms with Crippen LogP contribution in [-0.4, -0.2) is 41.2 Å². The van der Waals surface area contributed by atoms with Crippen molar-refractivity contribution in [3.8, 4) is 0 Å². The molecule has 0 radical (unpaired) electrons. The van der Waals surface area contributed by atoms with Gasteiger partial charge in [0.1, 0.15) is 5.76 Å². The zero-order chi connectivity index (χ0) is 22.2. The number of allylic oxidation sites excluding steroid dienone is 2. The Bertz CT molecular complexity index is 796. The number of nitrogens with zero attached hydrogens (tertiary/aromatic N) is 1. The van der Waals surface area contributed by atoms with Crippen LogP contribution in [0.2, 0.25) is 0 Å². The van der Waals surface area contributed by atoms with Crippen LogP contribution in [0, 0.1) is 13.8 Å². The highest BCUT2D eigenvalue weighted by Crippen LogP contribution is 2.17. The van der Waals surface area contributed by atoms with Crippen molar-refractivity contribution >= 4 is 11.8 Å². The van der Waals surface area contributed by atoms with Crippen molar-refractivity contribution in [1.82, 2.24) is 10.4 Å². The number of ether oxygens (including phenoxy) is 1. The van der Waals surface area contributed by atoms with Crippen molar-refractivity contribution in [3.05, 3.63) is 71.0 Å². The summed E-state index contributed by atoms with van der Waals surface area (Å²) < 4.78 is 5.12.